The quantitative estimate of drug-likeness (QED) is 0.940. The van der Waals surface area contributed by atoms with Gasteiger partial charge in [0.2, 0.25) is 5.88 Å². The van der Waals surface area contributed by atoms with Gasteiger partial charge >= 0.3 is 0 Å². The minimum Gasteiger partial charge on any atom is -0.473 e. The zero-order chi connectivity index (χ0) is 15.4. The molecule has 0 aliphatic carbocycles. The van der Waals surface area contributed by atoms with Crippen molar-refractivity contribution in [2.75, 3.05) is 16.8 Å². The van der Waals surface area contributed by atoms with Crippen molar-refractivity contribution >= 4 is 23.5 Å². The van der Waals surface area contributed by atoms with Gasteiger partial charge in [0.1, 0.15) is 11.9 Å². The second-order valence-corrected chi connectivity index (χ2v) is 6.26. The van der Waals surface area contributed by atoms with Crippen LogP contribution in [-0.4, -0.2) is 33.5 Å². The SMILES string of the molecule is Cc1cccnc1NC(=O)c1ccnc(OC2CCSC2)c1. The molecule has 1 unspecified atom stereocenters. The summed E-state index contributed by atoms with van der Waals surface area (Å²) in [5.41, 5.74) is 1.44. The van der Waals surface area contributed by atoms with Crippen molar-refractivity contribution in [3.8, 4) is 5.88 Å². The molecule has 2 aromatic rings. The molecule has 2 aromatic heterocycles. The van der Waals surface area contributed by atoms with Gasteiger partial charge in [0.25, 0.3) is 5.91 Å². The Morgan fingerprint density at radius 1 is 1.36 bits per heavy atom. The van der Waals surface area contributed by atoms with Gasteiger partial charge in [-0.25, -0.2) is 9.97 Å². The maximum Gasteiger partial charge on any atom is 0.257 e. The first-order valence-electron chi connectivity index (χ1n) is 7.16. The molecule has 1 saturated heterocycles. The van der Waals surface area contributed by atoms with E-state index in [2.05, 4.69) is 15.3 Å². The number of pyridine rings is 2. The topological polar surface area (TPSA) is 64.1 Å². The second-order valence-electron chi connectivity index (χ2n) is 5.11. The number of hydrogen-bond acceptors (Lipinski definition) is 5. The zero-order valence-electron chi connectivity index (χ0n) is 12.3. The fourth-order valence-electron chi connectivity index (χ4n) is 2.19. The van der Waals surface area contributed by atoms with Gasteiger partial charge in [0, 0.05) is 29.8 Å². The molecular formula is C16H17N3O2S. The average Bonchev–Trinajstić information content (AvgIpc) is 3.03. The predicted octanol–water partition coefficient (Wildman–Crippen LogP) is 2.92. The summed E-state index contributed by atoms with van der Waals surface area (Å²) in [6, 6.07) is 7.09. The summed E-state index contributed by atoms with van der Waals surface area (Å²) in [7, 11) is 0. The smallest absolute Gasteiger partial charge is 0.257 e. The van der Waals surface area contributed by atoms with E-state index in [4.69, 9.17) is 4.74 Å². The lowest BCUT2D eigenvalue weighted by atomic mass is 10.2. The highest BCUT2D eigenvalue weighted by Crippen LogP contribution is 2.22. The summed E-state index contributed by atoms with van der Waals surface area (Å²) < 4.78 is 5.81. The summed E-state index contributed by atoms with van der Waals surface area (Å²) in [6.45, 7) is 1.90. The Bertz CT molecular complexity index is 672. The number of rotatable bonds is 4. The van der Waals surface area contributed by atoms with Crippen molar-refractivity contribution in [2.24, 2.45) is 0 Å². The van der Waals surface area contributed by atoms with E-state index >= 15 is 0 Å². The Morgan fingerprint density at radius 3 is 3.05 bits per heavy atom. The molecular weight excluding hydrogens is 298 g/mol. The number of aromatic nitrogens is 2. The molecule has 0 spiro atoms. The zero-order valence-corrected chi connectivity index (χ0v) is 13.1. The number of ether oxygens (including phenoxy) is 1. The molecule has 3 rings (SSSR count). The standard InChI is InChI=1S/C16H17N3O2S/c1-11-3-2-6-18-15(11)19-16(20)12-4-7-17-14(9-12)21-13-5-8-22-10-13/h2-4,6-7,9,13H,5,8,10H2,1H3,(H,18,19,20). The Balaban J connectivity index is 1.71. The molecule has 5 nitrogen and oxygen atoms in total. The van der Waals surface area contributed by atoms with Crippen molar-refractivity contribution in [2.45, 2.75) is 19.4 Å². The number of thioether (sulfide) groups is 1. The van der Waals surface area contributed by atoms with Crippen LogP contribution in [0.4, 0.5) is 5.82 Å². The van der Waals surface area contributed by atoms with E-state index in [1.54, 1.807) is 24.5 Å². The molecule has 1 aliphatic heterocycles. The van der Waals surface area contributed by atoms with Gasteiger partial charge in [-0.15, -0.1) is 0 Å². The molecule has 0 bridgehead atoms. The summed E-state index contributed by atoms with van der Waals surface area (Å²) in [5, 5.41) is 2.81. The molecule has 22 heavy (non-hydrogen) atoms. The van der Waals surface area contributed by atoms with Crippen LogP contribution in [0.3, 0.4) is 0 Å². The first kappa shape index (κ1) is 14.8. The van der Waals surface area contributed by atoms with E-state index in [1.165, 1.54) is 0 Å². The second kappa shape index (κ2) is 6.79. The van der Waals surface area contributed by atoms with Crippen LogP contribution in [0.2, 0.25) is 0 Å². The third-order valence-corrected chi connectivity index (χ3v) is 4.55. The number of amides is 1. The van der Waals surface area contributed by atoms with Crippen LogP contribution in [-0.2, 0) is 0 Å². The molecule has 0 radical (unpaired) electrons. The normalized spacial score (nSPS) is 17.2. The van der Waals surface area contributed by atoms with Gasteiger partial charge in [-0.3, -0.25) is 4.79 Å². The summed E-state index contributed by atoms with van der Waals surface area (Å²) in [4.78, 5) is 20.7. The number of nitrogens with zero attached hydrogens (tertiary/aromatic N) is 2. The highest BCUT2D eigenvalue weighted by atomic mass is 32.2. The highest BCUT2D eigenvalue weighted by molar-refractivity contribution is 7.99. The van der Waals surface area contributed by atoms with Crippen LogP contribution in [0.25, 0.3) is 0 Å². The first-order chi connectivity index (χ1) is 10.7. The minimum atomic E-state index is -0.213. The molecule has 6 heteroatoms. The van der Waals surface area contributed by atoms with Gasteiger partial charge in [-0.1, -0.05) is 6.07 Å². The third-order valence-electron chi connectivity index (χ3n) is 3.41. The van der Waals surface area contributed by atoms with Crippen LogP contribution in [0.1, 0.15) is 22.3 Å². The van der Waals surface area contributed by atoms with Crippen molar-refractivity contribution in [1.82, 2.24) is 9.97 Å². The van der Waals surface area contributed by atoms with Gasteiger partial charge < -0.3 is 10.1 Å². The molecule has 1 aliphatic rings. The lowest BCUT2D eigenvalue weighted by molar-refractivity contribution is 0.102. The van der Waals surface area contributed by atoms with Crippen LogP contribution < -0.4 is 10.1 Å². The highest BCUT2D eigenvalue weighted by Gasteiger charge is 2.18. The number of anilines is 1. The van der Waals surface area contributed by atoms with E-state index in [-0.39, 0.29) is 12.0 Å². The summed E-state index contributed by atoms with van der Waals surface area (Å²) in [6.07, 6.45) is 4.46. The van der Waals surface area contributed by atoms with E-state index in [0.717, 1.165) is 23.5 Å². The third kappa shape index (κ3) is 3.57. The van der Waals surface area contributed by atoms with Crippen molar-refractivity contribution in [3.63, 3.8) is 0 Å². The van der Waals surface area contributed by atoms with E-state index in [9.17, 15) is 4.79 Å². The summed E-state index contributed by atoms with van der Waals surface area (Å²) >= 11 is 1.87. The lowest BCUT2D eigenvalue weighted by Gasteiger charge is -2.12. The monoisotopic (exact) mass is 315 g/mol. The van der Waals surface area contributed by atoms with E-state index in [0.29, 0.717) is 17.3 Å². The maximum absolute atomic E-state index is 12.3. The predicted molar refractivity (Wildman–Crippen MR) is 87.5 cm³/mol. The number of hydrogen-bond donors (Lipinski definition) is 1. The van der Waals surface area contributed by atoms with Crippen molar-refractivity contribution in [3.05, 3.63) is 47.8 Å². The van der Waals surface area contributed by atoms with Gasteiger partial charge in [0.15, 0.2) is 0 Å². The van der Waals surface area contributed by atoms with Gasteiger partial charge in [-0.2, -0.15) is 11.8 Å². The molecule has 1 amide bonds. The maximum atomic E-state index is 12.3. The fraction of sp³-hybridized carbons (Fsp3) is 0.312. The van der Waals surface area contributed by atoms with E-state index < -0.39 is 0 Å². The number of aryl methyl sites for hydroxylation is 1. The molecule has 1 fully saturated rings. The Kier molecular flexibility index (Phi) is 4.58. The number of nitrogens with one attached hydrogen (secondary N) is 1. The van der Waals surface area contributed by atoms with Crippen LogP contribution in [0.5, 0.6) is 5.88 Å². The van der Waals surface area contributed by atoms with Gasteiger partial charge in [-0.05, 0) is 36.8 Å². The molecule has 1 atom stereocenters. The molecule has 0 saturated carbocycles. The fourth-order valence-corrected chi connectivity index (χ4v) is 3.28. The first-order valence-corrected chi connectivity index (χ1v) is 8.31. The van der Waals surface area contributed by atoms with Crippen molar-refractivity contribution < 1.29 is 9.53 Å². The largest absolute Gasteiger partial charge is 0.473 e. The summed E-state index contributed by atoms with van der Waals surface area (Å²) in [5.74, 6) is 2.95. The molecule has 1 N–H and O–H groups in total. The molecule has 114 valence electrons. The minimum absolute atomic E-state index is 0.189. The number of carbonyl (C=O) groups excluding carboxylic acids is 1. The van der Waals surface area contributed by atoms with Crippen LogP contribution in [0.15, 0.2) is 36.7 Å². The van der Waals surface area contributed by atoms with Crippen LogP contribution in [0, 0.1) is 6.92 Å². The molecule has 0 aromatic carbocycles. The van der Waals surface area contributed by atoms with Gasteiger partial charge in [0.05, 0.1) is 0 Å². The Labute approximate surface area is 133 Å². The van der Waals surface area contributed by atoms with Crippen LogP contribution >= 0.6 is 11.8 Å². The van der Waals surface area contributed by atoms with Crippen molar-refractivity contribution in [1.29, 1.82) is 0 Å². The Morgan fingerprint density at radius 2 is 2.27 bits per heavy atom. The lowest BCUT2D eigenvalue weighted by Crippen LogP contribution is -2.17. The average molecular weight is 315 g/mol. The van der Waals surface area contributed by atoms with E-state index in [1.807, 2.05) is 30.8 Å². The number of carbonyl (C=O) groups is 1. The molecule has 3 heterocycles. The Hall–Kier alpha value is -2.08.